The van der Waals surface area contributed by atoms with E-state index in [0.717, 1.165) is 11.3 Å². The van der Waals surface area contributed by atoms with Crippen LogP contribution in [0.15, 0.2) is 18.2 Å². The Kier molecular flexibility index (Phi) is 4.37. The normalized spacial score (nSPS) is 19.4. The molecule has 0 aromatic heterocycles. The van der Waals surface area contributed by atoms with Crippen molar-refractivity contribution in [3.8, 4) is 0 Å². The number of nitrogens with one attached hydrogen (secondary N) is 2. The number of hydrogen-bond donors (Lipinski definition) is 2. The maximum absolute atomic E-state index is 13.7. The highest BCUT2D eigenvalue weighted by Gasteiger charge is 2.28. The average molecular weight is 265 g/mol. The summed E-state index contributed by atoms with van der Waals surface area (Å²) in [6.45, 7) is 3.90. The molecule has 5 heteroatoms. The molecule has 0 spiro atoms. The summed E-state index contributed by atoms with van der Waals surface area (Å²) in [6.07, 6.45) is 0.712. The lowest BCUT2D eigenvalue weighted by atomic mass is 10.1. The number of halogens is 1. The molecule has 0 radical (unpaired) electrons. The molecule has 1 fully saturated rings. The Morgan fingerprint density at radius 2 is 2.26 bits per heavy atom. The standard InChI is InChI=1S/C14H20FN3O/c1-3-13-14(19)17-4-5-18(13)12-7-10(9-16-2)6-11(15)8-12/h6-8,13,16H,3-5,9H2,1-2H3,(H,17,19). The highest BCUT2D eigenvalue weighted by atomic mass is 19.1. The van der Waals surface area contributed by atoms with E-state index >= 15 is 0 Å². The molecule has 1 aromatic rings. The summed E-state index contributed by atoms with van der Waals surface area (Å²) in [6, 6.07) is 4.75. The highest BCUT2D eigenvalue weighted by molar-refractivity contribution is 5.86. The van der Waals surface area contributed by atoms with Gasteiger partial charge in [-0.05, 0) is 37.2 Å². The summed E-state index contributed by atoms with van der Waals surface area (Å²) in [7, 11) is 1.83. The van der Waals surface area contributed by atoms with Crippen LogP contribution in [0.2, 0.25) is 0 Å². The fourth-order valence-corrected chi connectivity index (χ4v) is 2.53. The van der Waals surface area contributed by atoms with Gasteiger partial charge in [0.2, 0.25) is 5.91 Å². The molecule has 1 amide bonds. The molecule has 2 N–H and O–H groups in total. The number of piperazine rings is 1. The van der Waals surface area contributed by atoms with Crippen LogP contribution in [0, 0.1) is 5.82 Å². The van der Waals surface area contributed by atoms with Crippen LogP contribution in [0.3, 0.4) is 0 Å². The fraction of sp³-hybridized carbons (Fsp3) is 0.500. The molecule has 2 rings (SSSR count). The second-order valence-electron chi connectivity index (χ2n) is 4.76. The Hall–Kier alpha value is -1.62. The highest BCUT2D eigenvalue weighted by Crippen LogP contribution is 2.23. The smallest absolute Gasteiger partial charge is 0.242 e. The first-order chi connectivity index (χ1) is 9.15. The third-order valence-electron chi connectivity index (χ3n) is 3.37. The topological polar surface area (TPSA) is 44.4 Å². The Morgan fingerprint density at radius 3 is 2.95 bits per heavy atom. The summed E-state index contributed by atoms with van der Waals surface area (Å²) in [5, 5.41) is 5.86. The molecule has 1 aliphatic heterocycles. The van der Waals surface area contributed by atoms with Crippen LogP contribution >= 0.6 is 0 Å². The van der Waals surface area contributed by atoms with Crippen molar-refractivity contribution in [2.24, 2.45) is 0 Å². The van der Waals surface area contributed by atoms with Crippen molar-refractivity contribution in [3.63, 3.8) is 0 Å². The lowest BCUT2D eigenvalue weighted by molar-refractivity contribution is -0.123. The SMILES string of the molecule is CCC1C(=O)NCCN1c1cc(F)cc(CNC)c1. The van der Waals surface area contributed by atoms with E-state index in [1.54, 1.807) is 0 Å². The van der Waals surface area contributed by atoms with Gasteiger partial charge >= 0.3 is 0 Å². The second kappa shape index (κ2) is 6.02. The zero-order valence-electron chi connectivity index (χ0n) is 11.4. The van der Waals surface area contributed by atoms with E-state index in [4.69, 9.17) is 0 Å². The third kappa shape index (κ3) is 3.04. The van der Waals surface area contributed by atoms with Crippen molar-refractivity contribution < 1.29 is 9.18 Å². The van der Waals surface area contributed by atoms with Gasteiger partial charge in [0.25, 0.3) is 0 Å². The summed E-state index contributed by atoms with van der Waals surface area (Å²) in [5.41, 5.74) is 1.67. The van der Waals surface area contributed by atoms with Crippen molar-refractivity contribution >= 4 is 11.6 Å². The summed E-state index contributed by atoms with van der Waals surface area (Å²) >= 11 is 0. The van der Waals surface area contributed by atoms with E-state index in [1.807, 2.05) is 24.9 Å². The van der Waals surface area contributed by atoms with Crippen LogP contribution in [0.25, 0.3) is 0 Å². The number of benzene rings is 1. The van der Waals surface area contributed by atoms with Crippen LogP contribution in [0.5, 0.6) is 0 Å². The lowest BCUT2D eigenvalue weighted by Gasteiger charge is -2.36. The van der Waals surface area contributed by atoms with Crippen LogP contribution in [0.4, 0.5) is 10.1 Å². The van der Waals surface area contributed by atoms with Crippen LogP contribution < -0.4 is 15.5 Å². The zero-order chi connectivity index (χ0) is 13.8. The molecule has 19 heavy (non-hydrogen) atoms. The number of rotatable bonds is 4. The number of hydrogen-bond acceptors (Lipinski definition) is 3. The predicted octanol–water partition coefficient (Wildman–Crippen LogP) is 1.26. The maximum Gasteiger partial charge on any atom is 0.242 e. The van der Waals surface area contributed by atoms with E-state index in [2.05, 4.69) is 10.6 Å². The summed E-state index contributed by atoms with van der Waals surface area (Å²) < 4.78 is 13.7. The van der Waals surface area contributed by atoms with Crippen molar-refractivity contribution in [1.29, 1.82) is 0 Å². The molecule has 104 valence electrons. The number of amides is 1. The van der Waals surface area contributed by atoms with E-state index in [-0.39, 0.29) is 17.8 Å². The molecule has 0 aliphatic carbocycles. The fourth-order valence-electron chi connectivity index (χ4n) is 2.53. The molecule has 4 nitrogen and oxygen atoms in total. The maximum atomic E-state index is 13.7. The Bertz CT molecular complexity index is 464. The first kappa shape index (κ1) is 13.8. The molecule has 1 aliphatic rings. The van der Waals surface area contributed by atoms with E-state index in [9.17, 15) is 9.18 Å². The van der Waals surface area contributed by atoms with Crippen LogP contribution in [-0.2, 0) is 11.3 Å². The average Bonchev–Trinajstić information content (AvgIpc) is 2.38. The van der Waals surface area contributed by atoms with Gasteiger partial charge in [-0.15, -0.1) is 0 Å². The van der Waals surface area contributed by atoms with Gasteiger partial charge in [0, 0.05) is 25.3 Å². The minimum atomic E-state index is -0.261. The van der Waals surface area contributed by atoms with Crippen molar-refractivity contribution in [1.82, 2.24) is 10.6 Å². The zero-order valence-corrected chi connectivity index (χ0v) is 11.4. The van der Waals surface area contributed by atoms with Crippen LogP contribution in [-0.4, -0.2) is 32.1 Å². The van der Waals surface area contributed by atoms with E-state index in [1.165, 1.54) is 12.1 Å². The third-order valence-corrected chi connectivity index (χ3v) is 3.37. The van der Waals surface area contributed by atoms with E-state index < -0.39 is 0 Å². The predicted molar refractivity (Wildman–Crippen MR) is 73.6 cm³/mol. The van der Waals surface area contributed by atoms with Crippen molar-refractivity contribution in [2.45, 2.75) is 25.9 Å². The Labute approximate surface area is 113 Å². The Morgan fingerprint density at radius 1 is 1.47 bits per heavy atom. The first-order valence-corrected chi connectivity index (χ1v) is 6.64. The van der Waals surface area contributed by atoms with Crippen molar-refractivity contribution in [2.75, 3.05) is 25.0 Å². The minimum absolute atomic E-state index is 0.0215. The second-order valence-corrected chi connectivity index (χ2v) is 4.76. The number of carbonyl (C=O) groups excluding carboxylic acids is 1. The van der Waals surface area contributed by atoms with Gasteiger partial charge in [0.05, 0.1) is 0 Å². The summed E-state index contributed by atoms with van der Waals surface area (Å²) in [4.78, 5) is 13.8. The summed E-state index contributed by atoms with van der Waals surface area (Å²) in [5.74, 6) is -0.239. The van der Waals surface area contributed by atoms with Gasteiger partial charge in [0.1, 0.15) is 11.9 Å². The van der Waals surface area contributed by atoms with E-state index in [0.29, 0.717) is 26.1 Å². The minimum Gasteiger partial charge on any atom is -0.358 e. The quantitative estimate of drug-likeness (QED) is 0.861. The van der Waals surface area contributed by atoms with Crippen LogP contribution in [0.1, 0.15) is 18.9 Å². The molecule has 1 saturated heterocycles. The first-order valence-electron chi connectivity index (χ1n) is 6.64. The van der Waals surface area contributed by atoms with Gasteiger partial charge in [0.15, 0.2) is 0 Å². The molecular formula is C14H20FN3O. The molecule has 1 unspecified atom stereocenters. The molecule has 1 heterocycles. The molecular weight excluding hydrogens is 245 g/mol. The lowest BCUT2D eigenvalue weighted by Crippen LogP contribution is -2.55. The Balaban J connectivity index is 2.31. The molecule has 0 saturated carbocycles. The van der Waals surface area contributed by atoms with Gasteiger partial charge in [-0.25, -0.2) is 4.39 Å². The number of anilines is 1. The molecule has 1 atom stereocenters. The van der Waals surface area contributed by atoms with Gasteiger partial charge < -0.3 is 15.5 Å². The molecule has 0 bridgehead atoms. The monoisotopic (exact) mass is 265 g/mol. The van der Waals surface area contributed by atoms with Gasteiger partial charge in [-0.2, -0.15) is 0 Å². The van der Waals surface area contributed by atoms with Gasteiger partial charge in [-0.1, -0.05) is 6.92 Å². The largest absolute Gasteiger partial charge is 0.358 e. The number of nitrogens with zero attached hydrogens (tertiary/aromatic N) is 1. The number of carbonyl (C=O) groups is 1. The molecule has 1 aromatic carbocycles. The van der Waals surface area contributed by atoms with Crippen molar-refractivity contribution in [3.05, 3.63) is 29.6 Å². The van der Waals surface area contributed by atoms with Gasteiger partial charge in [-0.3, -0.25) is 4.79 Å².